The van der Waals surface area contributed by atoms with E-state index in [-0.39, 0.29) is 0 Å². The molecule has 12 saturated heterocycles. The topological polar surface area (TPSA) is 985 Å². The Hall–Kier alpha value is -4.81. The molecule has 12 fully saturated rings. The molecule has 0 aromatic rings. The average Bonchev–Trinajstić information content (AvgIpc) is 0.757. The highest BCUT2D eigenvalue weighted by Gasteiger charge is 2.65. The highest BCUT2D eigenvalue weighted by atomic mass is 16.8. The smallest absolute Gasteiger partial charge is 0.217 e. The van der Waals surface area contributed by atoms with Gasteiger partial charge in [0.2, 0.25) is 29.5 Å². The first kappa shape index (κ1) is 120. The van der Waals surface area contributed by atoms with Gasteiger partial charge in [-0.2, -0.15) is 0 Å². The third-order valence-corrected chi connectivity index (χ3v) is 27.0. The summed E-state index contributed by atoms with van der Waals surface area (Å²) in [7, 11) is 0. The number of hydrogen-bond acceptors (Lipinski definition) is 59. The van der Waals surface area contributed by atoms with Crippen molar-refractivity contribution in [1.29, 1.82) is 0 Å². The minimum atomic E-state index is -2.89. The normalized spacial score (nSPS) is 49.8. The quantitative estimate of drug-likeness (QED) is 0.0275. The van der Waals surface area contributed by atoms with Crippen molar-refractivity contribution in [2.75, 3.05) is 66.1 Å². The zero-order valence-electron chi connectivity index (χ0n) is 79.0. The summed E-state index contributed by atoms with van der Waals surface area (Å²) in [4.78, 5) is 66.9. The van der Waals surface area contributed by atoms with Crippen LogP contribution in [0.5, 0.6) is 0 Å². The van der Waals surface area contributed by atoms with Crippen molar-refractivity contribution in [3.8, 4) is 0 Å². The van der Waals surface area contributed by atoms with E-state index in [1.165, 1.54) is 13.8 Å². The van der Waals surface area contributed by atoms with Gasteiger partial charge in [-0.15, -0.1) is 0 Å². The summed E-state index contributed by atoms with van der Waals surface area (Å²) in [5.74, 6) is -5.14. The van der Waals surface area contributed by atoms with Gasteiger partial charge in [-0.1, -0.05) is 0 Å². The van der Waals surface area contributed by atoms with Crippen LogP contribution in [0.25, 0.3) is 0 Å². The summed E-state index contributed by atoms with van der Waals surface area (Å²) in [5.41, 5.74) is 0. The van der Waals surface area contributed by atoms with Crippen molar-refractivity contribution in [2.45, 2.75) is 417 Å². The fourth-order valence-corrected chi connectivity index (χ4v) is 19.2. The summed E-state index contributed by atoms with van der Waals surface area (Å²) < 4.78 is 143. The van der Waals surface area contributed by atoms with Gasteiger partial charge in [0.1, 0.15) is 280 Å². The summed E-state index contributed by atoms with van der Waals surface area (Å²) in [5, 5.41) is 365. The molecule has 12 rings (SSSR count). The molecule has 844 valence electrons. The lowest BCUT2D eigenvalue weighted by Gasteiger charge is -2.53. The molecule has 12 heterocycles. The van der Waals surface area contributed by atoms with E-state index < -0.39 is 464 Å². The molecular weight excluding hydrogens is 2000 g/mol. The Morgan fingerprint density at radius 2 is 0.425 bits per heavy atom. The van der Waals surface area contributed by atoms with E-state index in [9.17, 15) is 182 Å². The van der Waals surface area contributed by atoms with Gasteiger partial charge in [-0.3, -0.25) is 24.0 Å². The van der Waals surface area contributed by atoms with E-state index in [4.69, 9.17) is 109 Å². The fourth-order valence-electron chi connectivity index (χ4n) is 19.2. The Bertz CT molecular complexity index is 4090. The zero-order valence-corrected chi connectivity index (χ0v) is 79.0. The molecule has 146 heavy (non-hydrogen) atoms. The number of rotatable bonds is 37. The molecule has 0 unspecified atom stereocenters. The molecule has 12 aliphatic rings. The van der Waals surface area contributed by atoms with E-state index >= 15 is 0 Å². The highest BCUT2D eigenvalue weighted by molar-refractivity contribution is 5.75. The van der Waals surface area contributed by atoms with Crippen LogP contribution >= 0.6 is 0 Å². The maximum atomic E-state index is 13.9. The molecule has 64 nitrogen and oxygen atoms in total. The number of aliphatic hydroxyl groups is 31. The van der Waals surface area contributed by atoms with Gasteiger partial charge >= 0.3 is 0 Å². The largest absolute Gasteiger partial charge is 0.394 e. The van der Waals surface area contributed by atoms with E-state index in [1.807, 2.05) is 0 Å². The monoisotopic (exact) mass is 2140 g/mol. The number of aliphatic hydroxyl groups excluding tert-OH is 31. The van der Waals surface area contributed by atoms with Crippen molar-refractivity contribution in [3.05, 3.63) is 0 Å². The lowest BCUT2D eigenvalue weighted by atomic mass is 9.93. The van der Waals surface area contributed by atoms with Crippen molar-refractivity contribution in [1.82, 2.24) is 26.6 Å². The Kier molecular flexibility index (Phi) is 42.8. The number of ether oxygens (including phenoxy) is 23. The Labute approximate surface area is 827 Å². The third kappa shape index (κ3) is 26.3. The molecule has 0 spiro atoms. The number of carbonyl (C=O) groups is 5. The molecule has 0 aromatic carbocycles. The molecule has 0 aromatic heterocycles. The maximum Gasteiger partial charge on any atom is 0.217 e. The molecule has 64 heteroatoms. The average molecular weight is 2140 g/mol. The van der Waals surface area contributed by atoms with Gasteiger partial charge < -0.3 is 294 Å². The zero-order chi connectivity index (χ0) is 107. The fraction of sp³-hybridized carbons (Fsp3) is 0.939. The van der Waals surface area contributed by atoms with E-state index in [2.05, 4.69) is 26.6 Å². The summed E-state index contributed by atoms with van der Waals surface area (Å²) in [6, 6.07) is -10.3. The van der Waals surface area contributed by atoms with Crippen molar-refractivity contribution < 1.29 is 291 Å². The van der Waals surface area contributed by atoms with Crippen LogP contribution in [-0.4, -0.2) is 622 Å². The van der Waals surface area contributed by atoms with Crippen molar-refractivity contribution in [3.63, 3.8) is 0 Å². The first-order valence-electron chi connectivity index (χ1n) is 46.9. The van der Waals surface area contributed by atoms with Crippen molar-refractivity contribution >= 4 is 29.5 Å². The predicted molar refractivity (Wildman–Crippen MR) is 450 cm³/mol. The standard InChI is InChI=1S/C82H137N5O59/c1-18-40(102)50(112)56(118)76(125-18)142-66-38(86-23(6)100)74(134-32(15-95)63(66)140-78-58(120)52(114)43(105)26(9-89)129-78)145-69-54(116)45(107)28(11-91)131-81(69)124-17-34-65(139-72-36(84-21(4)98)47(109)42(104)25(8-88)128-72)68(60(122)80(136-34)138-62-31(14-94)133-73(37(49(62)111)85-22(5)99)137-61-30(13-93)127-71(123)35(48(61)110)83-20(3)97)144-82-70(55(117)46(108)29(12-92)132-82)146-75-39(87-24(7)101)67(143-77-57(119)51(113)41(103)19(2)126-77)64(33(16-96)135-75)141-79-59(121)53(115)44(106)27(10-90)130-79/h18-19,25-82,88-96,102-123H,8-17H2,1-7H3,(H,83,97)(H,84,98)(H,85,99)(H,86,100)(H,87,101)/t18-,19-,25+,26+,27+,28+,29+,30+,31+,32+,33+,34+,35+,36+,37+,38+,39+,40+,41+,42+,43-,44-,45+,46+,47+,48+,49+,50+,51+,52-,53-,54-,55-,56-,57-,58+,59+,60-,61+,62+,63+,64+,65+,66+,67+,68+,69-,70-,71+,72-,73-,74-,75-,76-,77-,78-,79-,80-,81-,82+/m0/s1. The highest BCUT2D eigenvalue weighted by Crippen LogP contribution is 2.44. The Morgan fingerprint density at radius 3 is 0.815 bits per heavy atom. The summed E-state index contributed by atoms with van der Waals surface area (Å²) in [6.07, 6.45) is -123. The number of carbonyl (C=O) groups excluding carboxylic acids is 5. The minimum Gasteiger partial charge on any atom is -0.394 e. The van der Waals surface area contributed by atoms with Crippen LogP contribution in [0.4, 0.5) is 0 Å². The van der Waals surface area contributed by atoms with Crippen molar-refractivity contribution in [2.24, 2.45) is 0 Å². The second kappa shape index (κ2) is 52.2. The van der Waals surface area contributed by atoms with Crippen LogP contribution in [0, 0.1) is 0 Å². The Morgan fingerprint density at radius 1 is 0.192 bits per heavy atom. The molecule has 0 aliphatic carbocycles. The first-order chi connectivity index (χ1) is 69.0. The van der Waals surface area contributed by atoms with Gasteiger partial charge in [0.15, 0.2) is 75.5 Å². The molecule has 60 atom stereocenters. The molecule has 36 N–H and O–H groups in total. The summed E-state index contributed by atoms with van der Waals surface area (Å²) >= 11 is 0. The van der Waals surface area contributed by atoms with Crippen LogP contribution in [0.3, 0.4) is 0 Å². The van der Waals surface area contributed by atoms with Gasteiger partial charge in [0.25, 0.3) is 0 Å². The van der Waals surface area contributed by atoms with Gasteiger partial charge in [0.05, 0.1) is 78.3 Å². The van der Waals surface area contributed by atoms with Crippen LogP contribution in [0.2, 0.25) is 0 Å². The van der Waals surface area contributed by atoms with Gasteiger partial charge in [-0.05, 0) is 13.8 Å². The second-order valence-electron chi connectivity index (χ2n) is 37.3. The number of amides is 5. The lowest BCUT2D eigenvalue weighted by Crippen LogP contribution is -2.72. The Balaban J connectivity index is 0.999. The van der Waals surface area contributed by atoms with Crippen LogP contribution < -0.4 is 26.6 Å². The van der Waals surface area contributed by atoms with Crippen LogP contribution in [-0.2, 0) is 133 Å². The van der Waals surface area contributed by atoms with Gasteiger partial charge in [0, 0.05) is 34.6 Å². The van der Waals surface area contributed by atoms with Gasteiger partial charge in [-0.25, -0.2) is 0 Å². The van der Waals surface area contributed by atoms with E-state index in [0.29, 0.717) is 0 Å². The number of hydrogen-bond donors (Lipinski definition) is 36. The third-order valence-electron chi connectivity index (χ3n) is 27.0. The van der Waals surface area contributed by atoms with Crippen LogP contribution in [0.1, 0.15) is 48.5 Å². The SMILES string of the molecule is CC(=O)N[C@@H]1[C@@H](O)[C@H](O[C@@H]2O[C@H](CO)[C@@H](O[C@@H]3O[C@H](CO[C@H]4O[C@H](CO)[C@@H](O)[C@H](O)[C@@H]4O[C@@H]4O[C@H](CO)[C@@H](O[C@@H]5O[C@H](CO)[C@H](O)[C@H](O)[C@H]5O)[C@H](O[C@@H]5O[C@@H](C)[C@@H](O)[C@@H](O)[C@@H]5O)[C@H]4NC(C)=O)[C@@H](O[C@@H]4O[C@H](CO)[C@@H](O)[C@H](O)[C@H]4NC(C)=O)[C@H](O[C@H]4O[C@H](CO)[C@@H](O)[C@H](O)[C@@H]4O[C@@H]4O[C@H](CO)[C@@H](O[C@@H]5O[C@H](CO)[C@H](O)[C@H](O)[C@H]5O)[C@H](O[C@@H]5O[C@@H](C)[C@@H](O)[C@@H](O)[C@@H]5O)[C@H]4NC(C)=O)[C@@H]3O)[C@H](O)[C@H]2NC(C)=O)[C@@H](CO)O[C@H]1O. The molecule has 0 bridgehead atoms. The maximum absolute atomic E-state index is 13.9. The molecular formula is C82H137N5O59. The molecule has 5 amide bonds. The summed E-state index contributed by atoms with van der Waals surface area (Å²) in [6.45, 7) is -5.72. The predicted octanol–water partition coefficient (Wildman–Crippen LogP) is -24.4. The van der Waals surface area contributed by atoms with E-state index in [1.54, 1.807) is 0 Å². The minimum absolute atomic E-state index is 0.853. The molecule has 0 radical (unpaired) electrons. The first-order valence-corrected chi connectivity index (χ1v) is 46.9. The van der Waals surface area contributed by atoms with Crippen LogP contribution in [0.15, 0.2) is 0 Å². The second-order valence-corrected chi connectivity index (χ2v) is 37.3. The molecule has 0 saturated carbocycles. The lowest BCUT2D eigenvalue weighted by molar-refractivity contribution is -0.412. The number of nitrogens with one attached hydrogen (secondary N) is 5. The van der Waals surface area contributed by atoms with E-state index in [0.717, 1.165) is 34.6 Å². The molecule has 12 aliphatic heterocycles.